The first kappa shape index (κ1) is 18.9. The number of ketones is 1. The zero-order valence-electron chi connectivity index (χ0n) is 15.4. The summed E-state index contributed by atoms with van der Waals surface area (Å²) < 4.78 is 5.16. The number of ether oxygens (including phenoxy) is 1. The maximum absolute atomic E-state index is 12.8. The molecular weight excluding hydrogens is 348 g/mol. The molecule has 0 spiro atoms. The molecule has 1 aliphatic rings. The van der Waals surface area contributed by atoms with E-state index in [1.807, 2.05) is 0 Å². The number of carboxylic acid groups (broad SMARTS) is 1. The number of carbonyl (C=O) groups is 3. The van der Waals surface area contributed by atoms with E-state index in [-0.39, 0.29) is 11.5 Å². The number of aromatic amines is 1. The number of carboxylic acids is 1. The van der Waals surface area contributed by atoms with Crippen LogP contribution in [0.5, 0.6) is 5.75 Å². The zero-order valence-corrected chi connectivity index (χ0v) is 15.4. The van der Waals surface area contributed by atoms with Crippen molar-refractivity contribution in [3.05, 3.63) is 30.0 Å². The zero-order chi connectivity index (χ0) is 19.4. The SMILES string of the molecule is COc1ccc2c(C(=O)C(=O)N(CC(=O)O)CC3CCCCC3)c[nH]c2c1. The van der Waals surface area contributed by atoms with Gasteiger partial charge in [-0.3, -0.25) is 14.4 Å². The molecule has 3 rings (SSSR count). The largest absolute Gasteiger partial charge is 0.497 e. The molecule has 2 aromatic rings. The van der Waals surface area contributed by atoms with Gasteiger partial charge in [0.15, 0.2) is 0 Å². The van der Waals surface area contributed by atoms with Crippen LogP contribution < -0.4 is 4.74 Å². The number of amides is 1. The molecule has 1 saturated carbocycles. The van der Waals surface area contributed by atoms with Crippen LogP contribution in [0.15, 0.2) is 24.4 Å². The Morgan fingerprint density at radius 2 is 1.96 bits per heavy atom. The lowest BCUT2D eigenvalue weighted by molar-refractivity contribution is -0.143. The fourth-order valence-corrected chi connectivity index (χ4v) is 3.74. The molecular formula is C20H24N2O5. The third-order valence-corrected chi connectivity index (χ3v) is 5.14. The smallest absolute Gasteiger partial charge is 0.323 e. The lowest BCUT2D eigenvalue weighted by Gasteiger charge is -2.28. The Labute approximate surface area is 157 Å². The van der Waals surface area contributed by atoms with Gasteiger partial charge in [-0.25, -0.2) is 0 Å². The Morgan fingerprint density at radius 1 is 1.22 bits per heavy atom. The predicted octanol–water partition coefficient (Wildman–Crippen LogP) is 2.85. The number of fused-ring (bicyclic) bond motifs is 1. The second-order valence-corrected chi connectivity index (χ2v) is 7.03. The minimum atomic E-state index is -1.12. The molecule has 0 aliphatic heterocycles. The number of carbonyl (C=O) groups excluding carboxylic acids is 2. The van der Waals surface area contributed by atoms with E-state index in [1.165, 1.54) is 17.5 Å². The molecule has 0 saturated heterocycles. The third kappa shape index (κ3) is 4.30. The highest BCUT2D eigenvalue weighted by molar-refractivity contribution is 6.45. The summed E-state index contributed by atoms with van der Waals surface area (Å²) in [4.78, 5) is 41.0. The summed E-state index contributed by atoms with van der Waals surface area (Å²) in [5, 5.41) is 9.79. The maximum atomic E-state index is 12.8. The topological polar surface area (TPSA) is 99.7 Å². The molecule has 1 aromatic carbocycles. The number of benzene rings is 1. The van der Waals surface area contributed by atoms with Crippen molar-refractivity contribution in [3.63, 3.8) is 0 Å². The van der Waals surface area contributed by atoms with Gasteiger partial charge in [-0.05, 0) is 30.9 Å². The molecule has 1 heterocycles. The van der Waals surface area contributed by atoms with Gasteiger partial charge < -0.3 is 19.7 Å². The van der Waals surface area contributed by atoms with Crippen LogP contribution in [-0.2, 0) is 9.59 Å². The number of hydrogen-bond acceptors (Lipinski definition) is 4. The van der Waals surface area contributed by atoms with Crippen LogP contribution in [0.4, 0.5) is 0 Å². The highest BCUT2D eigenvalue weighted by Crippen LogP contribution is 2.26. The standard InChI is InChI=1S/C20H24N2O5/c1-27-14-7-8-15-16(10-21-17(15)9-14)19(25)20(26)22(12-18(23)24)11-13-5-3-2-4-6-13/h7-10,13,21H,2-6,11-12H2,1H3,(H,23,24). The van der Waals surface area contributed by atoms with E-state index >= 15 is 0 Å². The number of aromatic nitrogens is 1. The van der Waals surface area contributed by atoms with E-state index in [0.29, 0.717) is 23.2 Å². The monoisotopic (exact) mass is 372 g/mol. The van der Waals surface area contributed by atoms with Gasteiger partial charge in [0.2, 0.25) is 0 Å². The molecule has 7 heteroatoms. The number of Topliss-reactive ketones (excluding diaryl/α,β-unsaturated/α-hetero) is 1. The van der Waals surface area contributed by atoms with Gasteiger partial charge in [0.1, 0.15) is 12.3 Å². The molecule has 0 bridgehead atoms. The summed E-state index contributed by atoms with van der Waals surface area (Å²) in [6, 6.07) is 5.18. The predicted molar refractivity (Wildman–Crippen MR) is 100.0 cm³/mol. The second kappa shape index (κ2) is 8.24. The van der Waals surface area contributed by atoms with Gasteiger partial charge >= 0.3 is 5.97 Å². The summed E-state index contributed by atoms with van der Waals surface area (Å²) in [5.74, 6) is -1.68. The maximum Gasteiger partial charge on any atom is 0.323 e. The van der Waals surface area contributed by atoms with Crippen molar-refractivity contribution in [3.8, 4) is 5.75 Å². The van der Waals surface area contributed by atoms with E-state index in [4.69, 9.17) is 4.74 Å². The normalized spacial score (nSPS) is 14.9. The molecule has 0 radical (unpaired) electrons. The van der Waals surface area contributed by atoms with Gasteiger partial charge in [0.25, 0.3) is 11.7 Å². The van der Waals surface area contributed by atoms with Crippen LogP contribution in [0.3, 0.4) is 0 Å². The van der Waals surface area contributed by atoms with Gasteiger partial charge in [-0.15, -0.1) is 0 Å². The Hall–Kier alpha value is -2.83. The molecule has 1 amide bonds. The quantitative estimate of drug-likeness (QED) is 0.575. The van der Waals surface area contributed by atoms with E-state index < -0.39 is 24.2 Å². The molecule has 1 fully saturated rings. The third-order valence-electron chi connectivity index (χ3n) is 5.14. The van der Waals surface area contributed by atoms with Crippen LogP contribution in [0.2, 0.25) is 0 Å². The van der Waals surface area contributed by atoms with Crippen LogP contribution in [-0.4, -0.2) is 52.8 Å². The number of aliphatic carboxylic acids is 1. The molecule has 1 aliphatic carbocycles. The number of nitrogens with zero attached hydrogens (tertiary/aromatic N) is 1. The van der Waals surface area contributed by atoms with E-state index in [9.17, 15) is 19.5 Å². The molecule has 1 aromatic heterocycles. The van der Waals surface area contributed by atoms with Crippen molar-refractivity contribution in [2.24, 2.45) is 5.92 Å². The second-order valence-electron chi connectivity index (χ2n) is 7.03. The lowest BCUT2D eigenvalue weighted by Crippen LogP contribution is -2.43. The number of hydrogen-bond donors (Lipinski definition) is 2. The van der Waals surface area contributed by atoms with E-state index in [1.54, 1.807) is 25.3 Å². The fourth-order valence-electron chi connectivity index (χ4n) is 3.74. The molecule has 0 unspecified atom stereocenters. The van der Waals surface area contributed by atoms with Gasteiger partial charge in [-0.2, -0.15) is 0 Å². The molecule has 7 nitrogen and oxygen atoms in total. The highest BCUT2D eigenvalue weighted by atomic mass is 16.5. The van der Waals surface area contributed by atoms with Crippen molar-refractivity contribution in [1.82, 2.24) is 9.88 Å². The van der Waals surface area contributed by atoms with Gasteiger partial charge in [0.05, 0.1) is 12.7 Å². The average Bonchev–Trinajstić information content (AvgIpc) is 3.09. The summed E-state index contributed by atoms with van der Waals surface area (Å²) >= 11 is 0. The minimum Gasteiger partial charge on any atom is -0.497 e. The van der Waals surface area contributed by atoms with Crippen molar-refractivity contribution >= 4 is 28.6 Å². The average molecular weight is 372 g/mol. The summed E-state index contributed by atoms with van der Waals surface area (Å²) in [6.45, 7) is -0.149. The number of H-pyrrole nitrogens is 1. The van der Waals surface area contributed by atoms with Crippen LogP contribution in [0.1, 0.15) is 42.5 Å². The number of nitrogens with one attached hydrogen (secondary N) is 1. The summed E-state index contributed by atoms with van der Waals surface area (Å²) in [7, 11) is 1.55. The number of rotatable bonds is 7. The van der Waals surface area contributed by atoms with E-state index in [0.717, 1.165) is 25.7 Å². The van der Waals surface area contributed by atoms with Crippen molar-refractivity contribution in [1.29, 1.82) is 0 Å². The first-order valence-corrected chi connectivity index (χ1v) is 9.20. The first-order valence-electron chi connectivity index (χ1n) is 9.20. The van der Waals surface area contributed by atoms with Crippen molar-refractivity contribution in [2.45, 2.75) is 32.1 Å². The first-order chi connectivity index (χ1) is 13.0. The Morgan fingerprint density at radius 3 is 2.63 bits per heavy atom. The highest BCUT2D eigenvalue weighted by Gasteiger charge is 2.29. The van der Waals surface area contributed by atoms with Crippen molar-refractivity contribution in [2.75, 3.05) is 20.2 Å². The number of methoxy groups -OCH3 is 1. The van der Waals surface area contributed by atoms with Crippen LogP contribution >= 0.6 is 0 Å². The van der Waals surface area contributed by atoms with Crippen molar-refractivity contribution < 1.29 is 24.2 Å². The summed E-state index contributed by atoms with van der Waals surface area (Å²) in [6.07, 6.45) is 6.75. The fraction of sp³-hybridized carbons (Fsp3) is 0.450. The Bertz CT molecular complexity index is 851. The van der Waals surface area contributed by atoms with E-state index in [2.05, 4.69) is 4.98 Å². The molecule has 2 N–H and O–H groups in total. The lowest BCUT2D eigenvalue weighted by atomic mass is 9.89. The van der Waals surface area contributed by atoms with Gasteiger partial charge in [-0.1, -0.05) is 19.3 Å². The van der Waals surface area contributed by atoms with Gasteiger partial charge in [0, 0.05) is 29.7 Å². The minimum absolute atomic E-state index is 0.247. The van der Waals surface area contributed by atoms with Crippen LogP contribution in [0, 0.1) is 5.92 Å². The van der Waals surface area contributed by atoms with Crippen LogP contribution in [0.25, 0.3) is 10.9 Å². The summed E-state index contributed by atoms with van der Waals surface area (Å²) in [5.41, 5.74) is 0.930. The Kier molecular flexibility index (Phi) is 5.78. The Balaban J connectivity index is 1.82. The molecule has 0 atom stereocenters. The molecule has 27 heavy (non-hydrogen) atoms. The molecule has 144 valence electrons.